The van der Waals surface area contributed by atoms with Crippen LogP contribution in [0.3, 0.4) is 0 Å². The molecule has 0 fully saturated rings. The van der Waals surface area contributed by atoms with Crippen molar-refractivity contribution in [2.75, 3.05) is 13.2 Å². The van der Waals surface area contributed by atoms with Gasteiger partial charge in [0.25, 0.3) is 0 Å². The zero-order valence-electron chi connectivity index (χ0n) is 6.50. The maximum Gasteiger partial charge on any atom is 0.0701 e. The van der Waals surface area contributed by atoms with E-state index in [0.29, 0.717) is 6.10 Å². The van der Waals surface area contributed by atoms with Gasteiger partial charge in [-0.15, -0.1) is 0 Å². The van der Waals surface area contributed by atoms with Crippen molar-refractivity contribution in [1.29, 1.82) is 0 Å². The lowest BCUT2D eigenvalue weighted by molar-refractivity contribution is 0.0971. The van der Waals surface area contributed by atoms with Crippen LogP contribution < -0.4 is 0 Å². The fraction of sp³-hybridized carbons (Fsp3) is 0.625. The van der Waals surface area contributed by atoms with E-state index in [0.717, 1.165) is 13.2 Å². The molecule has 1 heterocycles. The van der Waals surface area contributed by atoms with E-state index in [-0.39, 0.29) is 0 Å². The molecule has 2 heteroatoms. The van der Waals surface area contributed by atoms with Crippen molar-refractivity contribution in [3.05, 3.63) is 11.6 Å². The van der Waals surface area contributed by atoms with Crippen LogP contribution >= 0.6 is 0 Å². The van der Waals surface area contributed by atoms with Gasteiger partial charge in [0.1, 0.15) is 0 Å². The first-order valence-corrected chi connectivity index (χ1v) is 3.58. The number of rotatable bonds is 3. The zero-order valence-corrected chi connectivity index (χ0v) is 6.50. The highest BCUT2D eigenvalue weighted by Gasteiger charge is 2.00. The average molecular weight is 139 g/mol. The van der Waals surface area contributed by atoms with Gasteiger partial charge in [0.15, 0.2) is 0 Å². The monoisotopic (exact) mass is 139 g/mol. The van der Waals surface area contributed by atoms with Gasteiger partial charge < -0.3 is 4.74 Å². The summed E-state index contributed by atoms with van der Waals surface area (Å²) in [6.45, 7) is 5.64. The molecule has 0 bridgehead atoms. The van der Waals surface area contributed by atoms with E-state index >= 15 is 0 Å². The van der Waals surface area contributed by atoms with E-state index in [4.69, 9.17) is 4.74 Å². The summed E-state index contributed by atoms with van der Waals surface area (Å²) in [5.41, 5.74) is 1.27. The predicted molar refractivity (Wildman–Crippen MR) is 42.5 cm³/mol. The van der Waals surface area contributed by atoms with Crippen LogP contribution in [0, 0.1) is 0 Å². The number of hydrogen-bond donors (Lipinski definition) is 0. The van der Waals surface area contributed by atoms with Crippen LogP contribution in [0.15, 0.2) is 16.6 Å². The summed E-state index contributed by atoms with van der Waals surface area (Å²) < 4.78 is 5.38. The van der Waals surface area contributed by atoms with Gasteiger partial charge in [0.2, 0.25) is 0 Å². The third kappa shape index (κ3) is 2.31. The van der Waals surface area contributed by atoms with Crippen molar-refractivity contribution >= 4 is 6.21 Å². The Balaban J connectivity index is 2.15. The van der Waals surface area contributed by atoms with Crippen LogP contribution in [0.4, 0.5) is 0 Å². The van der Waals surface area contributed by atoms with E-state index in [2.05, 4.69) is 4.99 Å². The van der Waals surface area contributed by atoms with E-state index < -0.39 is 0 Å². The molecule has 0 aromatic rings. The molecule has 0 aliphatic carbocycles. The first-order chi connectivity index (χ1) is 4.79. The molecule has 1 aliphatic rings. The largest absolute Gasteiger partial charge is 0.374 e. The minimum absolute atomic E-state index is 0.321. The molecule has 0 saturated heterocycles. The Morgan fingerprint density at radius 1 is 1.70 bits per heavy atom. The second-order valence-corrected chi connectivity index (χ2v) is 2.67. The molecule has 10 heavy (non-hydrogen) atoms. The number of nitrogens with zero attached hydrogens (tertiary/aromatic N) is 1. The third-order valence-electron chi connectivity index (χ3n) is 1.31. The van der Waals surface area contributed by atoms with E-state index in [1.165, 1.54) is 5.57 Å². The summed E-state index contributed by atoms with van der Waals surface area (Å²) in [5, 5.41) is 0. The van der Waals surface area contributed by atoms with Gasteiger partial charge in [-0.3, -0.25) is 4.99 Å². The zero-order chi connectivity index (χ0) is 7.40. The molecule has 0 N–H and O–H groups in total. The van der Waals surface area contributed by atoms with Gasteiger partial charge in [0, 0.05) is 6.21 Å². The smallest absolute Gasteiger partial charge is 0.0701 e. The molecule has 0 spiro atoms. The second-order valence-electron chi connectivity index (χ2n) is 2.67. The summed E-state index contributed by atoms with van der Waals surface area (Å²) >= 11 is 0. The number of aliphatic imine (C=N–C) groups is 1. The fourth-order valence-corrected chi connectivity index (χ4v) is 0.748. The maximum absolute atomic E-state index is 5.38. The molecule has 1 aliphatic heterocycles. The molecule has 0 amide bonds. The molecular formula is C8H13NO. The predicted octanol–water partition coefficient (Wildman–Crippen LogP) is 1.42. The van der Waals surface area contributed by atoms with Crippen LogP contribution in [-0.2, 0) is 4.74 Å². The Hall–Kier alpha value is -0.630. The van der Waals surface area contributed by atoms with Gasteiger partial charge in [-0.25, -0.2) is 0 Å². The van der Waals surface area contributed by atoms with Gasteiger partial charge >= 0.3 is 0 Å². The Labute approximate surface area is 61.6 Å². The summed E-state index contributed by atoms with van der Waals surface area (Å²) in [5.74, 6) is 0. The fourth-order valence-electron chi connectivity index (χ4n) is 0.748. The van der Waals surface area contributed by atoms with Crippen LogP contribution in [0.2, 0.25) is 0 Å². The van der Waals surface area contributed by atoms with Crippen molar-refractivity contribution in [2.45, 2.75) is 20.0 Å². The lowest BCUT2D eigenvalue weighted by atomic mass is 10.3. The Kier molecular flexibility index (Phi) is 2.63. The first kappa shape index (κ1) is 7.48. The normalized spacial score (nSPS) is 16.5. The number of ether oxygens (including phenoxy) is 1. The number of hydrogen-bond acceptors (Lipinski definition) is 2. The molecule has 0 aromatic carbocycles. The number of allylic oxidation sites excluding steroid dienone is 1. The minimum atomic E-state index is 0.321. The quantitative estimate of drug-likeness (QED) is 0.579. The molecule has 0 aromatic heterocycles. The summed E-state index contributed by atoms with van der Waals surface area (Å²) in [6.07, 6.45) is 4.17. The van der Waals surface area contributed by atoms with Gasteiger partial charge in [-0.05, 0) is 25.5 Å². The topological polar surface area (TPSA) is 21.6 Å². The maximum atomic E-state index is 5.38. The van der Waals surface area contributed by atoms with Crippen molar-refractivity contribution < 1.29 is 4.74 Å². The molecule has 56 valence electrons. The molecule has 2 nitrogen and oxygen atoms in total. The highest BCUT2D eigenvalue weighted by Crippen LogP contribution is 2.02. The average Bonchev–Trinajstić information content (AvgIpc) is 2.34. The van der Waals surface area contributed by atoms with Crippen LogP contribution in [-0.4, -0.2) is 25.5 Å². The van der Waals surface area contributed by atoms with Crippen LogP contribution in [0.5, 0.6) is 0 Å². The van der Waals surface area contributed by atoms with Gasteiger partial charge in [0.05, 0.1) is 19.3 Å². The molecule has 0 unspecified atom stereocenters. The molecule has 0 saturated carbocycles. The molecule has 1 rings (SSSR count). The Bertz CT molecular complexity index is 159. The van der Waals surface area contributed by atoms with Crippen molar-refractivity contribution in [3.63, 3.8) is 0 Å². The van der Waals surface area contributed by atoms with E-state index in [1.54, 1.807) is 0 Å². The summed E-state index contributed by atoms with van der Waals surface area (Å²) in [4.78, 5) is 4.05. The van der Waals surface area contributed by atoms with E-state index in [1.807, 2.05) is 26.1 Å². The first-order valence-electron chi connectivity index (χ1n) is 3.58. The third-order valence-corrected chi connectivity index (χ3v) is 1.31. The SMILES string of the molecule is CC(C)OCC1=CC=NC1. The summed E-state index contributed by atoms with van der Waals surface area (Å²) in [6, 6.07) is 0. The lowest BCUT2D eigenvalue weighted by Crippen LogP contribution is -2.06. The van der Waals surface area contributed by atoms with Crippen molar-refractivity contribution in [1.82, 2.24) is 0 Å². The van der Waals surface area contributed by atoms with E-state index in [9.17, 15) is 0 Å². The lowest BCUT2D eigenvalue weighted by Gasteiger charge is -2.06. The molecule has 0 radical (unpaired) electrons. The second kappa shape index (κ2) is 3.52. The standard InChI is InChI=1S/C8H13NO/c1-7(2)10-6-8-3-4-9-5-8/h3-4,7H,5-6H2,1-2H3. The van der Waals surface area contributed by atoms with Crippen LogP contribution in [0.25, 0.3) is 0 Å². The Morgan fingerprint density at radius 2 is 2.50 bits per heavy atom. The molecule has 0 atom stereocenters. The highest BCUT2D eigenvalue weighted by molar-refractivity contribution is 5.75. The summed E-state index contributed by atoms with van der Waals surface area (Å²) in [7, 11) is 0. The van der Waals surface area contributed by atoms with Crippen molar-refractivity contribution in [2.24, 2.45) is 4.99 Å². The Morgan fingerprint density at radius 3 is 3.00 bits per heavy atom. The molecular weight excluding hydrogens is 126 g/mol. The minimum Gasteiger partial charge on any atom is -0.374 e. The highest BCUT2D eigenvalue weighted by atomic mass is 16.5. The van der Waals surface area contributed by atoms with Crippen LogP contribution in [0.1, 0.15) is 13.8 Å². The van der Waals surface area contributed by atoms with Gasteiger partial charge in [-0.2, -0.15) is 0 Å². The van der Waals surface area contributed by atoms with Crippen molar-refractivity contribution in [3.8, 4) is 0 Å². The van der Waals surface area contributed by atoms with Gasteiger partial charge in [-0.1, -0.05) is 0 Å².